The maximum absolute atomic E-state index is 11.1. The normalized spacial score (nSPS) is 11.1. The van der Waals surface area contributed by atoms with Crippen LogP contribution in [0.1, 0.15) is 6.42 Å². The number of benzene rings is 1. The molecule has 0 aliphatic rings. The van der Waals surface area contributed by atoms with Crippen molar-refractivity contribution in [1.82, 2.24) is 5.32 Å². The molecule has 0 heterocycles. The Balaban J connectivity index is 2.72. The molecule has 0 aliphatic heterocycles. The standard InChI is InChI=1S/C10H11BrClNO4S/c1-13-10(14)4-5-17-9-3-2-7(6-8(9)11)18(12,15)16/h2-3,6H,4-5H2,1H3,(H,13,14). The fourth-order valence-electron chi connectivity index (χ4n) is 1.13. The van der Waals surface area contributed by atoms with Crippen LogP contribution >= 0.6 is 26.6 Å². The second-order valence-electron chi connectivity index (χ2n) is 3.30. The smallest absolute Gasteiger partial charge is 0.261 e. The van der Waals surface area contributed by atoms with Crippen LogP contribution in [0.5, 0.6) is 5.75 Å². The summed E-state index contributed by atoms with van der Waals surface area (Å²) in [6.45, 7) is 0.200. The van der Waals surface area contributed by atoms with Gasteiger partial charge in [-0.05, 0) is 34.1 Å². The van der Waals surface area contributed by atoms with Gasteiger partial charge in [-0.1, -0.05) is 0 Å². The molecule has 18 heavy (non-hydrogen) atoms. The van der Waals surface area contributed by atoms with E-state index in [4.69, 9.17) is 15.4 Å². The predicted molar refractivity (Wildman–Crippen MR) is 71.4 cm³/mol. The lowest BCUT2D eigenvalue weighted by Gasteiger charge is -2.08. The monoisotopic (exact) mass is 355 g/mol. The number of hydrogen-bond acceptors (Lipinski definition) is 4. The van der Waals surface area contributed by atoms with Gasteiger partial charge in [0.25, 0.3) is 9.05 Å². The fraction of sp³-hybridized carbons (Fsp3) is 0.300. The number of carbonyl (C=O) groups excluding carboxylic acids is 1. The highest BCUT2D eigenvalue weighted by Crippen LogP contribution is 2.29. The average molecular weight is 357 g/mol. The molecule has 8 heteroatoms. The molecule has 5 nitrogen and oxygen atoms in total. The van der Waals surface area contributed by atoms with Gasteiger partial charge in [-0.15, -0.1) is 0 Å². The molecule has 100 valence electrons. The summed E-state index contributed by atoms with van der Waals surface area (Å²) in [6, 6.07) is 4.16. The van der Waals surface area contributed by atoms with E-state index >= 15 is 0 Å². The third-order valence-electron chi connectivity index (χ3n) is 2.05. The molecule has 0 unspecified atom stereocenters. The minimum absolute atomic E-state index is 0.0188. The van der Waals surface area contributed by atoms with E-state index in [-0.39, 0.29) is 23.8 Å². The number of nitrogens with one attached hydrogen (secondary N) is 1. The van der Waals surface area contributed by atoms with Crippen molar-refractivity contribution in [2.45, 2.75) is 11.3 Å². The Morgan fingerprint density at radius 1 is 1.50 bits per heavy atom. The van der Waals surface area contributed by atoms with Gasteiger partial charge in [0.1, 0.15) is 5.75 Å². The van der Waals surface area contributed by atoms with Crippen LogP contribution in [-0.2, 0) is 13.8 Å². The Bertz CT molecular complexity index is 547. The van der Waals surface area contributed by atoms with E-state index in [1.54, 1.807) is 7.05 Å². The summed E-state index contributed by atoms with van der Waals surface area (Å²) < 4.78 is 28.0. The fourth-order valence-corrected chi connectivity index (χ4v) is 2.55. The molecule has 0 saturated carbocycles. The van der Waals surface area contributed by atoms with Gasteiger partial charge < -0.3 is 10.1 Å². The van der Waals surface area contributed by atoms with Gasteiger partial charge in [0.2, 0.25) is 5.91 Å². The minimum Gasteiger partial charge on any atom is -0.492 e. The highest BCUT2D eigenvalue weighted by molar-refractivity contribution is 9.10. The van der Waals surface area contributed by atoms with Crippen molar-refractivity contribution in [3.05, 3.63) is 22.7 Å². The van der Waals surface area contributed by atoms with Gasteiger partial charge in [0.15, 0.2) is 0 Å². The average Bonchev–Trinajstić information content (AvgIpc) is 2.29. The SMILES string of the molecule is CNC(=O)CCOc1ccc(S(=O)(=O)Cl)cc1Br. The molecular weight excluding hydrogens is 346 g/mol. The van der Waals surface area contributed by atoms with Crippen LogP contribution in [0.15, 0.2) is 27.6 Å². The lowest BCUT2D eigenvalue weighted by atomic mass is 10.3. The van der Waals surface area contributed by atoms with Crippen LogP contribution < -0.4 is 10.1 Å². The lowest BCUT2D eigenvalue weighted by molar-refractivity contribution is -0.121. The largest absolute Gasteiger partial charge is 0.492 e. The van der Waals surface area contributed by atoms with E-state index in [0.717, 1.165) is 0 Å². The van der Waals surface area contributed by atoms with Gasteiger partial charge in [-0.3, -0.25) is 4.79 Å². The summed E-state index contributed by atoms with van der Waals surface area (Å²) in [6.07, 6.45) is 0.221. The van der Waals surface area contributed by atoms with E-state index in [2.05, 4.69) is 21.2 Å². The van der Waals surface area contributed by atoms with Gasteiger partial charge in [-0.2, -0.15) is 0 Å². The van der Waals surface area contributed by atoms with Crippen molar-refractivity contribution in [1.29, 1.82) is 0 Å². The summed E-state index contributed by atoms with van der Waals surface area (Å²) in [7, 11) is 2.99. The quantitative estimate of drug-likeness (QED) is 0.818. The van der Waals surface area contributed by atoms with Crippen molar-refractivity contribution < 1.29 is 17.9 Å². The van der Waals surface area contributed by atoms with Crippen molar-refractivity contribution in [2.24, 2.45) is 0 Å². The number of halogens is 2. The Morgan fingerprint density at radius 2 is 2.17 bits per heavy atom. The minimum atomic E-state index is -3.76. The topological polar surface area (TPSA) is 72.5 Å². The van der Waals surface area contributed by atoms with Crippen molar-refractivity contribution in [2.75, 3.05) is 13.7 Å². The molecule has 0 fully saturated rings. The molecule has 0 saturated heterocycles. The molecule has 1 aromatic rings. The van der Waals surface area contributed by atoms with E-state index in [9.17, 15) is 13.2 Å². The second kappa shape index (κ2) is 6.40. The first-order valence-electron chi connectivity index (χ1n) is 4.92. The first-order valence-corrected chi connectivity index (χ1v) is 8.02. The zero-order valence-corrected chi connectivity index (χ0v) is 12.6. The number of carbonyl (C=O) groups is 1. The molecule has 0 aromatic heterocycles. The molecule has 0 atom stereocenters. The predicted octanol–water partition coefficient (Wildman–Crippen LogP) is 1.89. The maximum Gasteiger partial charge on any atom is 0.261 e. The van der Waals surface area contributed by atoms with Crippen LogP contribution in [0.2, 0.25) is 0 Å². The molecule has 0 bridgehead atoms. The number of amides is 1. The van der Waals surface area contributed by atoms with E-state index in [0.29, 0.717) is 10.2 Å². The highest BCUT2D eigenvalue weighted by Gasteiger charge is 2.12. The summed E-state index contributed by atoms with van der Waals surface area (Å²) in [5.74, 6) is 0.314. The van der Waals surface area contributed by atoms with Crippen LogP contribution in [0.4, 0.5) is 0 Å². The first-order chi connectivity index (χ1) is 8.34. The van der Waals surface area contributed by atoms with Crippen molar-refractivity contribution >= 4 is 41.6 Å². The molecule has 0 aliphatic carbocycles. The zero-order valence-electron chi connectivity index (χ0n) is 9.44. The number of rotatable bonds is 5. The van der Waals surface area contributed by atoms with Crippen molar-refractivity contribution in [3.8, 4) is 5.75 Å². The van der Waals surface area contributed by atoms with Crippen LogP contribution in [0.25, 0.3) is 0 Å². The third kappa shape index (κ3) is 4.47. The lowest BCUT2D eigenvalue weighted by Crippen LogP contribution is -2.20. The van der Waals surface area contributed by atoms with Gasteiger partial charge in [-0.25, -0.2) is 8.42 Å². The van der Waals surface area contributed by atoms with Gasteiger partial charge in [0.05, 0.1) is 22.4 Å². The van der Waals surface area contributed by atoms with Crippen LogP contribution in [-0.4, -0.2) is 28.0 Å². The van der Waals surface area contributed by atoms with Crippen molar-refractivity contribution in [3.63, 3.8) is 0 Å². The maximum atomic E-state index is 11.1. The summed E-state index contributed by atoms with van der Waals surface area (Å²) in [4.78, 5) is 11.0. The summed E-state index contributed by atoms with van der Waals surface area (Å²) in [5, 5.41) is 2.47. The van der Waals surface area contributed by atoms with Crippen LogP contribution in [0.3, 0.4) is 0 Å². The van der Waals surface area contributed by atoms with E-state index < -0.39 is 9.05 Å². The molecule has 1 aromatic carbocycles. The Hall–Kier alpha value is -0.790. The molecular formula is C10H11BrClNO4S. The first kappa shape index (κ1) is 15.3. The van der Waals surface area contributed by atoms with E-state index in [1.807, 2.05) is 0 Å². The summed E-state index contributed by atoms with van der Waals surface area (Å²) >= 11 is 3.18. The third-order valence-corrected chi connectivity index (χ3v) is 4.02. The summed E-state index contributed by atoms with van der Waals surface area (Å²) in [5.41, 5.74) is 0. The Labute approximate surface area is 118 Å². The molecule has 1 amide bonds. The van der Waals surface area contributed by atoms with Gasteiger partial charge >= 0.3 is 0 Å². The van der Waals surface area contributed by atoms with Gasteiger partial charge in [0, 0.05) is 17.7 Å². The molecule has 1 rings (SSSR count). The number of hydrogen-bond donors (Lipinski definition) is 1. The zero-order chi connectivity index (χ0) is 13.8. The number of ether oxygens (including phenoxy) is 1. The molecule has 0 radical (unpaired) electrons. The Kier molecular flexibility index (Phi) is 5.43. The molecule has 0 spiro atoms. The van der Waals surface area contributed by atoms with E-state index in [1.165, 1.54) is 18.2 Å². The van der Waals surface area contributed by atoms with Crippen LogP contribution in [0, 0.1) is 0 Å². The second-order valence-corrected chi connectivity index (χ2v) is 6.72. The highest BCUT2D eigenvalue weighted by atomic mass is 79.9. The molecule has 1 N–H and O–H groups in total. The Morgan fingerprint density at radius 3 is 2.67 bits per heavy atom.